The van der Waals surface area contributed by atoms with E-state index < -0.39 is 0 Å². The molecule has 0 fully saturated rings. The van der Waals surface area contributed by atoms with Crippen LogP contribution in [0.25, 0.3) is 0 Å². The van der Waals surface area contributed by atoms with Crippen LogP contribution in [0.2, 0.25) is 0 Å². The highest BCUT2D eigenvalue weighted by Gasteiger charge is 2.34. The van der Waals surface area contributed by atoms with Gasteiger partial charge in [-0.05, 0) is 87.8 Å². The first-order valence-electron chi connectivity index (χ1n) is 15.2. The molecule has 0 aromatic heterocycles. The van der Waals surface area contributed by atoms with Gasteiger partial charge in [-0.2, -0.15) is 0 Å². The zero-order valence-electron chi connectivity index (χ0n) is 25.5. The fraction of sp³-hybridized carbons (Fsp3) is 0.818. The normalized spacial score (nSPS) is 19.0. The summed E-state index contributed by atoms with van der Waals surface area (Å²) in [5.74, 6) is 4.58. The van der Waals surface area contributed by atoms with E-state index in [1.165, 1.54) is 68.1 Å². The highest BCUT2D eigenvalue weighted by atomic mass is 16.5. The minimum absolute atomic E-state index is 0.0446. The maximum absolute atomic E-state index is 8.87. The first-order valence-corrected chi connectivity index (χ1v) is 15.2. The molecule has 1 aliphatic rings. The number of fused-ring (bicyclic) bond motifs is 1. The van der Waals surface area contributed by atoms with E-state index in [9.17, 15) is 0 Å². The van der Waals surface area contributed by atoms with Crippen LogP contribution >= 0.6 is 0 Å². The molecule has 0 bridgehead atoms. The lowest BCUT2D eigenvalue weighted by molar-refractivity contribution is 0.0507. The molecule has 0 saturated heterocycles. The van der Waals surface area contributed by atoms with Gasteiger partial charge in [-0.15, -0.1) is 0 Å². The van der Waals surface area contributed by atoms with E-state index in [1.807, 2.05) is 0 Å². The molecule has 0 saturated carbocycles. The molecule has 0 aliphatic carbocycles. The number of aliphatic hydroxyl groups is 1. The quantitative estimate of drug-likeness (QED) is 0.198. The van der Waals surface area contributed by atoms with E-state index >= 15 is 0 Å². The Morgan fingerprint density at radius 1 is 0.811 bits per heavy atom. The number of aliphatic hydroxyl groups excluding tert-OH is 1. The monoisotopic (exact) mass is 518 g/mol. The molecule has 4 heteroatoms. The van der Waals surface area contributed by atoms with Crippen molar-refractivity contribution in [1.29, 1.82) is 0 Å². The van der Waals surface area contributed by atoms with Gasteiger partial charge in [0, 0.05) is 5.56 Å². The predicted octanol–water partition coefficient (Wildman–Crippen LogP) is 8.52. The molecule has 4 nitrogen and oxygen atoms in total. The Morgan fingerprint density at radius 2 is 1.43 bits per heavy atom. The Bertz CT molecular complexity index is 802. The highest BCUT2D eigenvalue weighted by molar-refractivity contribution is 5.59. The van der Waals surface area contributed by atoms with Gasteiger partial charge in [0.05, 0.1) is 19.8 Å². The standard InChI is InChI=1S/C33H58O4/c1-24(2)12-9-13-25(3)14-10-15-26(4)16-11-18-33(8)19-17-30-29(7)31(36-23-22-35-21-20-34)27(5)28(6)32(30)37-33/h24-26,34H,9-23H2,1-8H3/t25-,26-,33-/m1/s1. The lowest BCUT2D eigenvalue weighted by Gasteiger charge is -2.38. The van der Waals surface area contributed by atoms with Crippen LogP contribution in [0.3, 0.4) is 0 Å². The molecule has 3 atom stereocenters. The van der Waals surface area contributed by atoms with E-state index in [0.29, 0.717) is 19.8 Å². The Kier molecular flexibility index (Phi) is 13.8. The Hall–Kier alpha value is -1.26. The van der Waals surface area contributed by atoms with Crippen LogP contribution in [0.4, 0.5) is 0 Å². The fourth-order valence-corrected chi connectivity index (χ4v) is 5.85. The topological polar surface area (TPSA) is 47.9 Å². The van der Waals surface area contributed by atoms with Gasteiger partial charge in [-0.3, -0.25) is 0 Å². The summed E-state index contributed by atoms with van der Waals surface area (Å²) in [6.07, 6.45) is 14.1. The lowest BCUT2D eigenvalue weighted by atomic mass is 9.83. The summed E-state index contributed by atoms with van der Waals surface area (Å²) in [5, 5.41) is 8.87. The van der Waals surface area contributed by atoms with Crippen LogP contribution in [-0.2, 0) is 11.2 Å². The maximum Gasteiger partial charge on any atom is 0.127 e. The zero-order valence-corrected chi connectivity index (χ0v) is 25.5. The average molecular weight is 519 g/mol. The van der Waals surface area contributed by atoms with Gasteiger partial charge in [-0.1, -0.05) is 72.6 Å². The molecular weight excluding hydrogens is 460 g/mol. The summed E-state index contributed by atoms with van der Waals surface area (Å²) in [4.78, 5) is 0. The summed E-state index contributed by atoms with van der Waals surface area (Å²) in [5.41, 5.74) is 4.79. The molecule has 2 rings (SSSR count). The summed E-state index contributed by atoms with van der Waals surface area (Å²) < 4.78 is 18.2. The van der Waals surface area contributed by atoms with Gasteiger partial charge in [0.2, 0.25) is 0 Å². The van der Waals surface area contributed by atoms with Crippen molar-refractivity contribution in [1.82, 2.24) is 0 Å². The molecule has 0 unspecified atom stereocenters. The van der Waals surface area contributed by atoms with Gasteiger partial charge in [0.25, 0.3) is 0 Å². The van der Waals surface area contributed by atoms with E-state index in [-0.39, 0.29) is 12.2 Å². The first kappa shape index (κ1) is 32.0. The fourth-order valence-electron chi connectivity index (χ4n) is 5.85. The van der Waals surface area contributed by atoms with Gasteiger partial charge in [-0.25, -0.2) is 0 Å². The van der Waals surface area contributed by atoms with Crippen LogP contribution in [0.15, 0.2) is 0 Å². The Labute approximate surface area is 228 Å². The number of hydrogen-bond acceptors (Lipinski definition) is 4. The first-order chi connectivity index (χ1) is 17.6. The lowest BCUT2D eigenvalue weighted by Crippen LogP contribution is -2.37. The second-order valence-electron chi connectivity index (χ2n) is 12.6. The SMILES string of the molecule is Cc1c(C)c2c(c(C)c1OCCOCCO)CC[C@@](C)(CCC[C@H](C)CCC[C@H](C)CCCC(C)C)O2. The Balaban J connectivity index is 1.81. The summed E-state index contributed by atoms with van der Waals surface area (Å²) >= 11 is 0. The zero-order chi connectivity index (χ0) is 27.4. The van der Waals surface area contributed by atoms with Crippen molar-refractivity contribution < 1.29 is 19.3 Å². The molecule has 1 heterocycles. The highest BCUT2D eigenvalue weighted by Crippen LogP contribution is 2.45. The van der Waals surface area contributed by atoms with Crippen LogP contribution in [0.1, 0.15) is 121 Å². The number of hydrogen-bond donors (Lipinski definition) is 1. The molecule has 0 radical (unpaired) electrons. The summed E-state index contributed by atoms with van der Waals surface area (Å²) in [6.45, 7) is 19.7. The largest absolute Gasteiger partial charge is 0.491 e. The van der Waals surface area contributed by atoms with Gasteiger partial charge in [0.1, 0.15) is 23.7 Å². The van der Waals surface area contributed by atoms with Crippen LogP contribution < -0.4 is 9.47 Å². The molecule has 1 aromatic carbocycles. The van der Waals surface area contributed by atoms with Crippen molar-refractivity contribution in [3.63, 3.8) is 0 Å². The molecule has 0 spiro atoms. The third-order valence-corrected chi connectivity index (χ3v) is 8.55. The minimum Gasteiger partial charge on any atom is -0.491 e. The van der Waals surface area contributed by atoms with E-state index in [1.54, 1.807) is 0 Å². The van der Waals surface area contributed by atoms with Gasteiger partial charge >= 0.3 is 0 Å². The summed E-state index contributed by atoms with van der Waals surface area (Å²) in [7, 11) is 0. The predicted molar refractivity (Wildman–Crippen MR) is 156 cm³/mol. The van der Waals surface area contributed by atoms with Crippen LogP contribution in [0.5, 0.6) is 11.5 Å². The van der Waals surface area contributed by atoms with Crippen molar-refractivity contribution in [3.8, 4) is 11.5 Å². The smallest absolute Gasteiger partial charge is 0.127 e. The molecule has 0 amide bonds. The van der Waals surface area contributed by atoms with Crippen molar-refractivity contribution in [2.75, 3.05) is 26.4 Å². The number of ether oxygens (including phenoxy) is 3. The minimum atomic E-state index is -0.0816. The maximum atomic E-state index is 8.87. The molecule has 214 valence electrons. The Morgan fingerprint density at radius 3 is 2.05 bits per heavy atom. The van der Waals surface area contributed by atoms with E-state index in [2.05, 4.69) is 55.4 Å². The van der Waals surface area contributed by atoms with Crippen molar-refractivity contribution >= 4 is 0 Å². The molecule has 1 N–H and O–H groups in total. The molecule has 37 heavy (non-hydrogen) atoms. The van der Waals surface area contributed by atoms with Crippen molar-refractivity contribution in [2.24, 2.45) is 17.8 Å². The van der Waals surface area contributed by atoms with Crippen molar-refractivity contribution in [3.05, 3.63) is 22.3 Å². The third-order valence-electron chi connectivity index (χ3n) is 8.55. The second-order valence-corrected chi connectivity index (χ2v) is 12.6. The third kappa shape index (κ3) is 10.4. The second kappa shape index (κ2) is 16.0. The van der Waals surface area contributed by atoms with Crippen LogP contribution in [0, 0.1) is 38.5 Å². The van der Waals surface area contributed by atoms with Crippen molar-refractivity contribution in [2.45, 2.75) is 132 Å². The number of rotatable bonds is 18. The van der Waals surface area contributed by atoms with E-state index in [0.717, 1.165) is 54.1 Å². The van der Waals surface area contributed by atoms with Crippen LogP contribution in [-0.4, -0.2) is 37.1 Å². The van der Waals surface area contributed by atoms with Gasteiger partial charge in [0.15, 0.2) is 0 Å². The van der Waals surface area contributed by atoms with E-state index in [4.69, 9.17) is 19.3 Å². The number of benzene rings is 1. The molecular formula is C33H58O4. The van der Waals surface area contributed by atoms with Gasteiger partial charge < -0.3 is 19.3 Å². The molecule has 1 aromatic rings. The molecule has 1 aliphatic heterocycles. The summed E-state index contributed by atoms with van der Waals surface area (Å²) in [6, 6.07) is 0. The average Bonchev–Trinajstić information content (AvgIpc) is 2.84.